The summed E-state index contributed by atoms with van der Waals surface area (Å²) in [5.74, 6) is 0.201. The zero-order valence-electron chi connectivity index (χ0n) is 18.4. The summed E-state index contributed by atoms with van der Waals surface area (Å²) < 4.78 is 10.8. The molecule has 164 valence electrons. The van der Waals surface area contributed by atoms with Crippen molar-refractivity contribution in [3.8, 4) is 11.1 Å². The summed E-state index contributed by atoms with van der Waals surface area (Å²) in [5, 5.41) is 3.04. The summed E-state index contributed by atoms with van der Waals surface area (Å²) in [6.45, 7) is 3.20. The third kappa shape index (κ3) is 5.41. The van der Waals surface area contributed by atoms with Crippen LogP contribution in [0.5, 0.6) is 0 Å². The highest BCUT2D eigenvalue weighted by Crippen LogP contribution is 2.32. The largest absolute Gasteiger partial charge is 0.382 e. The first kappa shape index (κ1) is 21.7. The molecule has 2 aliphatic carbocycles. The van der Waals surface area contributed by atoms with Crippen molar-refractivity contribution in [1.82, 2.24) is 5.32 Å². The van der Waals surface area contributed by atoms with Gasteiger partial charge in [0.2, 0.25) is 0 Å². The predicted molar refractivity (Wildman–Crippen MR) is 120 cm³/mol. The van der Waals surface area contributed by atoms with Crippen molar-refractivity contribution >= 4 is 11.7 Å². The molecular formula is C26H31NO4. The molecule has 0 heterocycles. The Kier molecular flexibility index (Phi) is 6.83. The second kappa shape index (κ2) is 9.75. The molecule has 0 radical (unpaired) electrons. The topological polar surface area (TPSA) is 64.6 Å². The molecule has 1 amide bonds. The van der Waals surface area contributed by atoms with Crippen molar-refractivity contribution in [2.24, 2.45) is 5.92 Å². The third-order valence-corrected chi connectivity index (χ3v) is 6.29. The lowest BCUT2D eigenvalue weighted by molar-refractivity contribution is 0.0192. The van der Waals surface area contributed by atoms with Gasteiger partial charge in [0.15, 0.2) is 5.78 Å². The molecule has 2 aromatic rings. The van der Waals surface area contributed by atoms with Crippen LogP contribution in [0.2, 0.25) is 0 Å². The van der Waals surface area contributed by atoms with E-state index >= 15 is 0 Å². The summed E-state index contributed by atoms with van der Waals surface area (Å²) in [6, 6.07) is 13.9. The van der Waals surface area contributed by atoms with Crippen molar-refractivity contribution in [3.63, 3.8) is 0 Å². The fourth-order valence-corrected chi connectivity index (χ4v) is 4.25. The van der Waals surface area contributed by atoms with Gasteiger partial charge >= 0.3 is 0 Å². The zero-order chi connectivity index (χ0) is 21.8. The molecule has 31 heavy (non-hydrogen) atoms. The lowest BCUT2D eigenvalue weighted by atomic mass is 9.93. The van der Waals surface area contributed by atoms with Gasteiger partial charge in [-0.1, -0.05) is 30.3 Å². The number of hydrogen-bond acceptors (Lipinski definition) is 4. The SMILES string of the molecule is COCCOC1CCC(C(=O)c2ccc(-c3cc(C(=O)NC4CC4)ccc3C)cc2)C1. The number of aryl methyl sites for hydroxylation is 1. The molecule has 0 aromatic heterocycles. The van der Waals surface area contributed by atoms with Crippen LogP contribution in [0.15, 0.2) is 42.5 Å². The first-order chi connectivity index (χ1) is 15.0. The minimum atomic E-state index is -0.0148. The number of carbonyl (C=O) groups excluding carboxylic acids is 2. The van der Waals surface area contributed by atoms with Crippen molar-refractivity contribution in [2.45, 2.75) is 51.2 Å². The van der Waals surface area contributed by atoms with E-state index in [1.807, 2.05) is 49.4 Å². The van der Waals surface area contributed by atoms with Crippen molar-refractivity contribution in [3.05, 3.63) is 59.2 Å². The minimum absolute atomic E-state index is 0.0148. The molecule has 5 nitrogen and oxygen atoms in total. The van der Waals surface area contributed by atoms with Crippen LogP contribution in [-0.4, -0.2) is 44.2 Å². The Hall–Kier alpha value is -2.50. The number of rotatable bonds is 9. The summed E-state index contributed by atoms with van der Waals surface area (Å²) in [7, 11) is 1.66. The first-order valence-corrected chi connectivity index (χ1v) is 11.2. The Morgan fingerprint density at radius 3 is 2.42 bits per heavy atom. The number of ether oxygens (including phenoxy) is 2. The molecule has 0 spiro atoms. The standard InChI is InChI=1S/C26H31NO4/c1-17-3-4-21(26(29)27-22-10-11-22)16-24(17)18-5-7-19(8-6-18)25(28)20-9-12-23(15-20)31-14-13-30-2/h3-8,16,20,22-23H,9-15H2,1-2H3,(H,27,29). The molecule has 2 fully saturated rings. The predicted octanol–water partition coefficient (Wildman–Crippen LogP) is 4.57. The van der Waals surface area contributed by atoms with Gasteiger partial charge in [-0.15, -0.1) is 0 Å². The maximum Gasteiger partial charge on any atom is 0.251 e. The average Bonchev–Trinajstić information content (AvgIpc) is 3.47. The van der Waals surface area contributed by atoms with Gasteiger partial charge in [-0.3, -0.25) is 9.59 Å². The number of ketones is 1. The van der Waals surface area contributed by atoms with Crippen LogP contribution in [0.3, 0.4) is 0 Å². The molecule has 1 N–H and O–H groups in total. The molecule has 2 atom stereocenters. The fourth-order valence-electron chi connectivity index (χ4n) is 4.25. The quantitative estimate of drug-likeness (QED) is 0.476. The van der Waals surface area contributed by atoms with E-state index in [2.05, 4.69) is 5.32 Å². The van der Waals surface area contributed by atoms with Crippen molar-refractivity contribution in [1.29, 1.82) is 0 Å². The number of methoxy groups -OCH3 is 1. The summed E-state index contributed by atoms with van der Waals surface area (Å²) >= 11 is 0. The Bertz CT molecular complexity index is 933. The Morgan fingerprint density at radius 2 is 1.71 bits per heavy atom. The van der Waals surface area contributed by atoms with Crippen LogP contribution in [0.25, 0.3) is 11.1 Å². The smallest absolute Gasteiger partial charge is 0.251 e. The van der Waals surface area contributed by atoms with Crippen LogP contribution < -0.4 is 5.32 Å². The van der Waals surface area contributed by atoms with E-state index in [-0.39, 0.29) is 23.7 Å². The molecule has 0 saturated heterocycles. The number of amides is 1. The molecule has 2 saturated carbocycles. The van der Waals surface area contributed by atoms with Crippen LogP contribution in [0, 0.1) is 12.8 Å². The molecule has 5 heteroatoms. The molecular weight excluding hydrogens is 390 g/mol. The number of nitrogens with one attached hydrogen (secondary N) is 1. The van der Waals surface area contributed by atoms with E-state index in [4.69, 9.17) is 9.47 Å². The average molecular weight is 422 g/mol. The highest BCUT2D eigenvalue weighted by atomic mass is 16.5. The highest BCUT2D eigenvalue weighted by Gasteiger charge is 2.31. The summed E-state index contributed by atoms with van der Waals surface area (Å²) in [4.78, 5) is 25.4. The van der Waals surface area contributed by atoms with Gasteiger partial charge in [-0.2, -0.15) is 0 Å². The third-order valence-electron chi connectivity index (χ3n) is 6.29. The van der Waals surface area contributed by atoms with Gasteiger partial charge in [-0.05, 0) is 67.9 Å². The number of Topliss-reactive ketones (excluding diaryl/α,β-unsaturated/α-hetero) is 1. The lowest BCUT2D eigenvalue weighted by Crippen LogP contribution is -2.25. The number of carbonyl (C=O) groups is 2. The minimum Gasteiger partial charge on any atom is -0.382 e. The van der Waals surface area contributed by atoms with E-state index in [1.54, 1.807) is 7.11 Å². The highest BCUT2D eigenvalue weighted by molar-refractivity contribution is 5.99. The Balaban J connectivity index is 1.42. The van der Waals surface area contributed by atoms with Crippen LogP contribution in [0.1, 0.15) is 58.4 Å². The van der Waals surface area contributed by atoms with Gasteiger partial charge in [0.25, 0.3) is 5.91 Å². The van der Waals surface area contributed by atoms with Gasteiger partial charge in [0.05, 0.1) is 19.3 Å². The Labute approximate surface area is 184 Å². The lowest BCUT2D eigenvalue weighted by Gasteiger charge is -2.13. The van der Waals surface area contributed by atoms with E-state index in [0.29, 0.717) is 24.8 Å². The molecule has 0 aliphatic heterocycles. The van der Waals surface area contributed by atoms with E-state index in [9.17, 15) is 9.59 Å². The molecule has 0 bridgehead atoms. The molecule has 2 unspecified atom stereocenters. The second-order valence-electron chi connectivity index (χ2n) is 8.71. The zero-order valence-corrected chi connectivity index (χ0v) is 18.4. The van der Waals surface area contributed by atoms with E-state index in [1.165, 1.54) is 0 Å². The van der Waals surface area contributed by atoms with Gasteiger partial charge in [0.1, 0.15) is 0 Å². The van der Waals surface area contributed by atoms with Crippen LogP contribution in [0.4, 0.5) is 0 Å². The van der Waals surface area contributed by atoms with Crippen LogP contribution in [-0.2, 0) is 9.47 Å². The maximum absolute atomic E-state index is 13.0. The summed E-state index contributed by atoms with van der Waals surface area (Å²) in [6.07, 6.45) is 4.86. The van der Waals surface area contributed by atoms with Crippen LogP contribution >= 0.6 is 0 Å². The molecule has 4 rings (SSSR count). The maximum atomic E-state index is 13.0. The van der Waals surface area contributed by atoms with E-state index < -0.39 is 0 Å². The number of hydrogen-bond donors (Lipinski definition) is 1. The van der Waals surface area contributed by atoms with Crippen molar-refractivity contribution in [2.75, 3.05) is 20.3 Å². The van der Waals surface area contributed by atoms with Gasteiger partial charge in [-0.25, -0.2) is 0 Å². The Morgan fingerprint density at radius 1 is 0.968 bits per heavy atom. The van der Waals surface area contributed by atoms with Gasteiger partial charge < -0.3 is 14.8 Å². The normalized spacial score (nSPS) is 20.6. The molecule has 2 aliphatic rings. The van der Waals surface area contributed by atoms with Crippen molar-refractivity contribution < 1.29 is 19.1 Å². The fraction of sp³-hybridized carbons (Fsp3) is 0.462. The molecule has 2 aromatic carbocycles. The monoisotopic (exact) mass is 421 g/mol. The summed E-state index contributed by atoms with van der Waals surface area (Å²) in [5.41, 5.74) is 4.57. The first-order valence-electron chi connectivity index (χ1n) is 11.2. The number of benzene rings is 2. The second-order valence-corrected chi connectivity index (χ2v) is 8.71. The van der Waals surface area contributed by atoms with E-state index in [0.717, 1.165) is 54.4 Å². The van der Waals surface area contributed by atoms with Gasteiger partial charge in [0, 0.05) is 30.2 Å².